The van der Waals surface area contributed by atoms with Gasteiger partial charge in [-0.25, -0.2) is 0 Å². The number of nitrogens with zero attached hydrogens (tertiary/aromatic N) is 1. The number of carbonyl (C=O) groups is 1. The van der Waals surface area contributed by atoms with E-state index in [0.29, 0.717) is 37.2 Å². The van der Waals surface area contributed by atoms with Crippen LogP contribution >= 0.6 is 23.2 Å². The van der Waals surface area contributed by atoms with E-state index in [9.17, 15) is 4.79 Å². The first kappa shape index (κ1) is 14.1. The Morgan fingerprint density at radius 3 is 2.07 bits per heavy atom. The zero-order chi connectivity index (χ0) is 11.0. The molecule has 0 saturated heterocycles. The zero-order valence-corrected chi connectivity index (χ0v) is 10.4. The minimum Gasteiger partial charge on any atom is -0.340 e. The van der Waals surface area contributed by atoms with Gasteiger partial charge in [-0.2, -0.15) is 0 Å². The number of alkyl halides is 2. The first-order valence-electron chi connectivity index (χ1n) is 5.01. The molecule has 4 heteroatoms. The highest BCUT2D eigenvalue weighted by Gasteiger charge is 2.12. The number of amides is 1. The minimum atomic E-state index is 0.167. The Bertz CT molecular complexity index is 156. The van der Waals surface area contributed by atoms with E-state index in [-0.39, 0.29) is 5.91 Å². The largest absolute Gasteiger partial charge is 0.340 e. The third kappa shape index (κ3) is 6.50. The Labute approximate surface area is 96.6 Å². The van der Waals surface area contributed by atoms with Crippen LogP contribution in [0.3, 0.4) is 0 Å². The molecule has 0 aromatic carbocycles. The molecule has 0 atom stereocenters. The second kappa shape index (κ2) is 8.37. The Morgan fingerprint density at radius 1 is 1.21 bits per heavy atom. The van der Waals surface area contributed by atoms with Gasteiger partial charge in [-0.05, 0) is 12.3 Å². The highest BCUT2D eigenvalue weighted by atomic mass is 35.5. The second-order valence-electron chi connectivity index (χ2n) is 3.69. The van der Waals surface area contributed by atoms with Crippen molar-refractivity contribution in [3.8, 4) is 0 Å². The molecular weight excluding hydrogens is 221 g/mol. The molecule has 0 heterocycles. The van der Waals surface area contributed by atoms with Gasteiger partial charge in [0.1, 0.15) is 0 Å². The number of carbonyl (C=O) groups excluding carboxylic acids is 1. The number of hydrogen-bond donors (Lipinski definition) is 0. The van der Waals surface area contributed by atoms with Gasteiger partial charge >= 0.3 is 0 Å². The van der Waals surface area contributed by atoms with Gasteiger partial charge in [0.05, 0.1) is 0 Å². The zero-order valence-electron chi connectivity index (χ0n) is 8.93. The van der Waals surface area contributed by atoms with Gasteiger partial charge in [-0.1, -0.05) is 13.8 Å². The highest BCUT2D eigenvalue weighted by Crippen LogP contribution is 2.06. The maximum atomic E-state index is 11.6. The molecule has 0 fully saturated rings. The van der Waals surface area contributed by atoms with Crippen molar-refractivity contribution in [1.29, 1.82) is 0 Å². The van der Waals surface area contributed by atoms with E-state index in [1.807, 2.05) is 0 Å². The summed E-state index contributed by atoms with van der Waals surface area (Å²) in [5.74, 6) is 1.68. The Balaban J connectivity index is 3.88. The Morgan fingerprint density at radius 2 is 1.71 bits per heavy atom. The summed E-state index contributed by atoms with van der Waals surface area (Å²) in [6.45, 7) is 5.43. The smallest absolute Gasteiger partial charge is 0.222 e. The van der Waals surface area contributed by atoms with Crippen LogP contribution in [0.2, 0.25) is 0 Å². The van der Waals surface area contributed by atoms with E-state index in [1.54, 1.807) is 4.90 Å². The predicted octanol–water partition coefficient (Wildman–Crippen LogP) is 2.73. The molecular formula is C10H19Cl2NO. The topological polar surface area (TPSA) is 20.3 Å². The molecule has 84 valence electrons. The summed E-state index contributed by atoms with van der Waals surface area (Å²) in [7, 11) is 0. The molecule has 0 unspecified atom stereocenters. The van der Waals surface area contributed by atoms with E-state index in [4.69, 9.17) is 23.2 Å². The summed E-state index contributed by atoms with van der Waals surface area (Å²) in [4.78, 5) is 13.4. The lowest BCUT2D eigenvalue weighted by molar-refractivity contribution is -0.131. The lowest BCUT2D eigenvalue weighted by atomic mass is 10.1. The van der Waals surface area contributed by atoms with Crippen molar-refractivity contribution in [2.75, 3.05) is 24.8 Å². The second-order valence-corrected chi connectivity index (χ2v) is 4.45. The van der Waals surface area contributed by atoms with E-state index in [2.05, 4.69) is 13.8 Å². The van der Waals surface area contributed by atoms with Crippen LogP contribution < -0.4 is 0 Å². The van der Waals surface area contributed by atoms with Crippen molar-refractivity contribution in [3.63, 3.8) is 0 Å². The lowest BCUT2D eigenvalue weighted by Crippen LogP contribution is -2.34. The van der Waals surface area contributed by atoms with Gasteiger partial charge in [0.2, 0.25) is 5.91 Å². The van der Waals surface area contributed by atoms with Crippen LogP contribution in [0.15, 0.2) is 0 Å². The fraction of sp³-hybridized carbons (Fsp3) is 0.900. The van der Waals surface area contributed by atoms with Crippen LogP contribution in [0.25, 0.3) is 0 Å². The van der Waals surface area contributed by atoms with Crippen LogP contribution in [0.5, 0.6) is 0 Å². The van der Waals surface area contributed by atoms with E-state index in [0.717, 1.165) is 6.42 Å². The van der Waals surface area contributed by atoms with Crippen LogP contribution in [0.4, 0.5) is 0 Å². The van der Waals surface area contributed by atoms with Gasteiger partial charge in [0, 0.05) is 31.3 Å². The summed E-state index contributed by atoms with van der Waals surface area (Å²) in [5, 5.41) is 0. The number of rotatable bonds is 7. The molecule has 0 N–H and O–H groups in total. The summed E-state index contributed by atoms with van der Waals surface area (Å²) >= 11 is 11.2. The summed E-state index contributed by atoms with van der Waals surface area (Å²) < 4.78 is 0. The van der Waals surface area contributed by atoms with Crippen molar-refractivity contribution < 1.29 is 4.79 Å². The molecule has 0 spiro atoms. The average Bonchev–Trinajstić information content (AvgIpc) is 2.14. The van der Waals surface area contributed by atoms with E-state index >= 15 is 0 Å². The molecule has 0 aliphatic heterocycles. The molecule has 0 bridgehead atoms. The average molecular weight is 240 g/mol. The van der Waals surface area contributed by atoms with E-state index < -0.39 is 0 Å². The minimum absolute atomic E-state index is 0.167. The molecule has 0 rings (SSSR count). The summed E-state index contributed by atoms with van der Waals surface area (Å²) in [6, 6.07) is 0. The van der Waals surface area contributed by atoms with E-state index in [1.165, 1.54) is 0 Å². The third-order valence-electron chi connectivity index (χ3n) is 2.00. The lowest BCUT2D eigenvalue weighted by Gasteiger charge is -2.20. The maximum Gasteiger partial charge on any atom is 0.222 e. The molecule has 14 heavy (non-hydrogen) atoms. The highest BCUT2D eigenvalue weighted by molar-refractivity contribution is 6.18. The molecule has 0 saturated carbocycles. The van der Waals surface area contributed by atoms with Gasteiger partial charge in [-0.15, -0.1) is 23.2 Å². The normalized spacial score (nSPS) is 10.6. The SMILES string of the molecule is CC(C)CCC(=O)N(CCCl)CCCl. The first-order valence-corrected chi connectivity index (χ1v) is 6.08. The molecule has 0 aliphatic carbocycles. The van der Waals surface area contributed by atoms with Gasteiger partial charge in [0.25, 0.3) is 0 Å². The van der Waals surface area contributed by atoms with Gasteiger partial charge in [0.15, 0.2) is 0 Å². The number of halogens is 2. The molecule has 0 aromatic rings. The van der Waals surface area contributed by atoms with Crippen molar-refractivity contribution in [2.24, 2.45) is 5.92 Å². The quantitative estimate of drug-likeness (QED) is 0.626. The third-order valence-corrected chi connectivity index (χ3v) is 2.34. The first-order chi connectivity index (χ1) is 6.61. The molecule has 1 amide bonds. The molecule has 0 aromatic heterocycles. The van der Waals surface area contributed by atoms with Crippen LogP contribution in [-0.2, 0) is 4.79 Å². The van der Waals surface area contributed by atoms with Gasteiger partial charge in [-0.3, -0.25) is 4.79 Å². The standard InChI is InChI=1S/C10H19Cl2NO/c1-9(2)3-4-10(14)13(7-5-11)8-6-12/h9H,3-8H2,1-2H3. The van der Waals surface area contributed by atoms with Crippen LogP contribution in [-0.4, -0.2) is 35.7 Å². The van der Waals surface area contributed by atoms with Crippen molar-refractivity contribution >= 4 is 29.1 Å². The predicted molar refractivity (Wildman–Crippen MR) is 62.1 cm³/mol. The molecule has 2 nitrogen and oxygen atoms in total. The molecule has 0 radical (unpaired) electrons. The molecule has 0 aliphatic rings. The number of hydrogen-bond acceptors (Lipinski definition) is 1. The van der Waals surface area contributed by atoms with Crippen molar-refractivity contribution in [2.45, 2.75) is 26.7 Å². The van der Waals surface area contributed by atoms with Gasteiger partial charge < -0.3 is 4.90 Å². The monoisotopic (exact) mass is 239 g/mol. The van der Waals surface area contributed by atoms with Crippen LogP contribution in [0, 0.1) is 5.92 Å². The fourth-order valence-corrected chi connectivity index (χ4v) is 1.54. The summed E-state index contributed by atoms with van der Waals surface area (Å²) in [5.41, 5.74) is 0. The van der Waals surface area contributed by atoms with Crippen molar-refractivity contribution in [3.05, 3.63) is 0 Å². The fourth-order valence-electron chi connectivity index (χ4n) is 1.14. The van der Waals surface area contributed by atoms with Crippen molar-refractivity contribution in [1.82, 2.24) is 4.90 Å². The van der Waals surface area contributed by atoms with Crippen LogP contribution in [0.1, 0.15) is 26.7 Å². The Hall–Kier alpha value is 0.0500. The maximum absolute atomic E-state index is 11.6. The Kier molecular flexibility index (Phi) is 8.40. The summed E-state index contributed by atoms with van der Waals surface area (Å²) in [6.07, 6.45) is 1.53.